The molecule has 14 N–H and O–H groups in total. The Morgan fingerprint density at radius 1 is 0.588 bits per heavy atom. The molecule has 0 aromatic heterocycles. The summed E-state index contributed by atoms with van der Waals surface area (Å²) in [4.78, 5) is 15.3. The van der Waals surface area contributed by atoms with Gasteiger partial charge in [0.2, 0.25) is 0 Å². The third-order valence-corrected chi connectivity index (χ3v) is 24.6. The predicted octanol–water partition coefficient (Wildman–Crippen LogP) is -0.607. The Balaban J connectivity index is 0.820. The van der Waals surface area contributed by atoms with Crippen LogP contribution in [0.4, 0.5) is 0 Å². The monoisotopic (exact) mass is 1220 g/mol. The molecular weight excluding hydrogens is 1120 g/mol. The zero-order valence-corrected chi connectivity index (χ0v) is 50.5. The van der Waals surface area contributed by atoms with Gasteiger partial charge in [-0.05, 0) is 149 Å². The number of carbonyl (C=O) groups is 1. The molecule has 0 aromatic rings. The molecule has 24 heteroatoms. The van der Waals surface area contributed by atoms with Crippen molar-refractivity contribution in [1.29, 1.82) is 0 Å². The van der Waals surface area contributed by atoms with Gasteiger partial charge in [-0.25, -0.2) is 0 Å². The Morgan fingerprint density at radius 3 is 1.81 bits per heavy atom. The largest absolute Gasteiger partial charge is 0.459 e. The van der Waals surface area contributed by atoms with E-state index in [1.54, 1.807) is 0 Å². The van der Waals surface area contributed by atoms with Crippen LogP contribution in [0.1, 0.15) is 132 Å². The molecule has 4 aliphatic heterocycles. The second-order valence-electron chi connectivity index (χ2n) is 28.6. The average Bonchev–Trinajstić information content (AvgIpc) is 1.62. The van der Waals surface area contributed by atoms with Gasteiger partial charge in [-0.1, -0.05) is 46.8 Å². The van der Waals surface area contributed by atoms with Gasteiger partial charge in [0.1, 0.15) is 97.7 Å². The van der Waals surface area contributed by atoms with Gasteiger partial charge in [0, 0.05) is 5.92 Å². The van der Waals surface area contributed by atoms with Crippen LogP contribution in [0.5, 0.6) is 0 Å². The molecule has 10 fully saturated rings. The number of aliphatic hydroxyl groups excluding tert-OH is 14. The lowest BCUT2D eigenvalue weighted by Crippen LogP contribution is -2.68. The number of hydrogen-bond donors (Lipinski definition) is 14. The lowest BCUT2D eigenvalue weighted by atomic mass is 9.32. The Kier molecular flexibility index (Phi) is 19.3. The summed E-state index contributed by atoms with van der Waals surface area (Å²) in [5.41, 5.74) is -0.792. The highest BCUT2D eigenvalue weighted by Crippen LogP contribution is 2.78. The molecule has 24 nitrogen and oxygen atoms in total. The number of fused-ring (bicyclic) bond motifs is 7. The maximum absolute atomic E-state index is 15.3. The van der Waals surface area contributed by atoms with Gasteiger partial charge in [0.25, 0.3) is 0 Å². The fourth-order valence-electron chi connectivity index (χ4n) is 19.1. The predicted molar refractivity (Wildman–Crippen MR) is 294 cm³/mol. The normalized spacial score (nSPS) is 56.3. The van der Waals surface area contributed by atoms with E-state index in [4.69, 9.17) is 42.6 Å². The van der Waals surface area contributed by atoms with E-state index in [0.29, 0.717) is 25.2 Å². The van der Waals surface area contributed by atoms with Gasteiger partial charge in [0.15, 0.2) is 25.2 Å². The Bertz CT molecular complexity index is 2340. The van der Waals surface area contributed by atoms with Crippen LogP contribution in [0.2, 0.25) is 0 Å². The second kappa shape index (κ2) is 24.8. The first kappa shape index (κ1) is 66.3. The molecule has 10 rings (SSSR count). The van der Waals surface area contributed by atoms with Gasteiger partial charge >= 0.3 is 5.97 Å². The molecule has 10 aliphatic rings. The average molecular weight is 1220 g/mol. The summed E-state index contributed by atoms with van der Waals surface area (Å²) in [5, 5.41) is 152. The topological polar surface area (TPSA) is 383 Å². The Hall–Kier alpha value is -1.67. The number of esters is 1. The van der Waals surface area contributed by atoms with Crippen LogP contribution in [0.3, 0.4) is 0 Å². The zero-order valence-electron chi connectivity index (χ0n) is 50.5. The van der Waals surface area contributed by atoms with Crippen LogP contribution < -0.4 is 0 Å². The van der Waals surface area contributed by atoms with Gasteiger partial charge in [-0.2, -0.15) is 0 Å². The molecule has 488 valence electrons. The van der Waals surface area contributed by atoms with Crippen molar-refractivity contribution in [2.24, 2.45) is 62.6 Å². The summed E-state index contributed by atoms with van der Waals surface area (Å²) in [6.45, 7) is 19.9. The SMILES string of the molecule is C=C(C)C1CCC2(C(=O)OC3CC(COC4OC(CO)C(OC5OC(C)C(O)C(O)C5O)C(O)C4O)C(O)C(O)C3O)CCC3(C)C(CCC4C5(C)CCC(OC6OCC(O)C(O)C6OC6OC(C)C(O)C(O)C6O)C(C)(CC)C5CCC43C)C12. The van der Waals surface area contributed by atoms with Gasteiger partial charge in [0.05, 0.1) is 49.7 Å². The highest BCUT2D eigenvalue weighted by atomic mass is 16.8. The van der Waals surface area contributed by atoms with E-state index in [0.717, 1.165) is 56.9 Å². The number of ether oxygens (including phenoxy) is 9. The van der Waals surface area contributed by atoms with Crippen LogP contribution >= 0.6 is 0 Å². The first-order valence-corrected chi connectivity index (χ1v) is 31.4. The molecule has 4 saturated heterocycles. The molecule has 35 unspecified atom stereocenters. The van der Waals surface area contributed by atoms with Crippen LogP contribution in [0.25, 0.3) is 0 Å². The molecule has 6 saturated carbocycles. The summed E-state index contributed by atoms with van der Waals surface area (Å²) >= 11 is 0. The third kappa shape index (κ3) is 10.9. The van der Waals surface area contributed by atoms with Gasteiger partial charge in [-0.3, -0.25) is 4.79 Å². The third-order valence-electron chi connectivity index (χ3n) is 24.6. The van der Waals surface area contributed by atoms with E-state index in [2.05, 4.69) is 41.2 Å². The van der Waals surface area contributed by atoms with Gasteiger partial charge in [-0.15, -0.1) is 0 Å². The molecule has 0 aromatic carbocycles. The summed E-state index contributed by atoms with van der Waals surface area (Å²) in [6.07, 6.45) is -26.0. The number of aliphatic hydroxyl groups is 14. The van der Waals surface area contributed by atoms with Crippen molar-refractivity contribution < 1.29 is 119 Å². The second-order valence-corrected chi connectivity index (χ2v) is 28.6. The molecule has 0 amide bonds. The van der Waals surface area contributed by atoms with Crippen molar-refractivity contribution >= 4 is 5.97 Å². The van der Waals surface area contributed by atoms with E-state index in [9.17, 15) is 71.5 Å². The highest BCUT2D eigenvalue weighted by Gasteiger charge is 2.73. The molecule has 4 heterocycles. The fourth-order valence-corrected chi connectivity index (χ4v) is 19.1. The fraction of sp³-hybridized carbons (Fsp3) is 0.951. The standard InChI is InChI=1S/C61H100O24/c1-10-57(6)34-14-17-60(9)35(58(34,7)16-15-36(57)83-55-51(41(67)31(63)24-78-55)85-54-48(74)44(70)39(65)27(5)80-54)12-11-30-37-29(25(2)3)13-18-61(37,20-19-59(30,60)8)56(76)82-32-21-28(40(66)45(71)42(32)68)23-77-52-49(75)46(72)50(33(22-62)81-52)84-53-47(73)43(69)38(64)26(4)79-53/h26-55,62-75H,2,10-24H2,1,3-9H3. The minimum absolute atomic E-state index is 0.0147. The molecule has 35 atom stereocenters. The van der Waals surface area contributed by atoms with E-state index in [-0.39, 0.29) is 64.5 Å². The maximum Gasteiger partial charge on any atom is 0.312 e. The van der Waals surface area contributed by atoms with Crippen molar-refractivity contribution in [3.63, 3.8) is 0 Å². The molecular formula is C61H100O24. The molecule has 6 aliphatic carbocycles. The van der Waals surface area contributed by atoms with Crippen molar-refractivity contribution in [3.05, 3.63) is 12.2 Å². The number of allylic oxidation sites excluding steroid dienone is 1. The van der Waals surface area contributed by atoms with Crippen molar-refractivity contribution in [3.8, 4) is 0 Å². The molecule has 85 heavy (non-hydrogen) atoms. The first-order valence-electron chi connectivity index (χ1n) is 31.4. The van der Waals surface area contributed by atoms with Crippen LogP contribution in [-0.4, -0.2) is 245 Å². The number of hydrogen-bond acceptors (Lipinski definition) is 24. The number of carbonyl (C=O) groups excluding carboxylic acids is 1. The van der Waals surface area contributed by atoms with Gasteiger partial charge < -0.3 is 114 Å². The van der Waals surface area contributed by atoms with E-state index in [1.165, 1.54) is 13.8 Å². The molecule has 0 bridgehead atoms. The molecule has 0 spiro atoms. The number of rotatable bonds is 14. The van der Waals surface area contributed by atoms with Crippen LogP contribution in [0, 0.1) is 62.6 Å². The lowest BCUT2D eigenvalue weighted by Gasteiger charge is -2.73. The summed E-state index contributed by atoms with van der Waals surface area (Å²) in [6, 6.07) is 0. The van der Waals surface area contributed by atoms with E-state index < -0.39 is 172 Å². The van der Waals surface area contributed by atoms with E-state index >= 15 is 4.79 Å². The Labute approximate surface area is 497 Å². The smallest absolute Gasteiger partial charge is 0.312 e. The lowest BCUT2D eigenvalue weighted by molar-refractivity contribution is -0.365. The summed E-state index contributed by atoms with van der Waals surface area (Å²) in [5.74, 6) is -0.935. The summed E-state index contributed by atoms with van der Waals surface area (Å²) in [7, 11) is 0. The zero-order chi connectivity index (χ0) is 61.9. The van der Waals surface area contributed by atoms with Crippen molar-refractivity contribution in [2.45, 2.75) is 280 Å². The molecule has 0 radical (unpaired) electrons. The highest BCUT2D eigenvalue weighted by molar-refractivity contribution is 5.78. The van der Waals surface area contributed by atoms with Crippen molar-refractivity contribution in [2.75, 3.05) is 19.8 Å². The minimum Gasteiger partial charge on any atom is -0.459 e. The Morgan fingerprint density at radius 2 is 1.20 bits per heavy atom. The quantitative estimate of drug-likeness (QED) is 0.0586. The van der Waals surface area contributed by atoms with Crippen LogP contribution in [-0.2, 0) is 47.4 Å². The summed E-state index contributed by atoms with van der Waals surface area (Å²) < 4.78 is 54.3. The van der Waals surface area contributed by atoms with Crippen molar-refractivity contribution in [1.82, 2.24) is 0 Å². The first-order chi connectivity index (χ1) is 39.9. The minimum atomic E-state index is -1.82. The maximum atomic E-state index is 15.3. The van der Waals surface area contributed by atoms with Crippen LogP contribution in [0.15, 0.2) is 12.2 Å². The van der Waals surface area contributed by atoms with E-state index in [1.807, 2.05) is 6.92 Å².